The van der Waals surface area contributed by atoms with E-state index in [2.05, 4.69) is 25.8 Å². The second-order valence-corrected chi connectivity index (χ2v) is 8.02. The molecule has 0 amide bonds. The number of hydrogen-bond donors (Lipinski definition) is 0. The lowest BCUT2D eigenvalue weighted by Gasteiger charge is -2.39. The predicted octanol–water partition coefficient (Wildman–Crippen LogP) is 2.92. The van der Waals surface area contributed by atoms with Gasteiger partial charge in [0.1, 0.15) is 0 Å². The van der Waals surface area contributed by atoms with Crippen molar-refractivity contribution in [2.45, 2.75) is 64.0 Å². The van der Waals surface area contributed by atoms with Gasteiger partial charge in [-0.25, -0.2) is 9.97 Å². The first-order valence-corrected chi connectivity index (χ1v) is 10.4. The number of nitrogens with zero attached hydrogens (tertiary/aromatic N) is 5. The van der Waals surface area contributed by atoms with Crippen molar-refractivity contribution in [3.05, 3.63) is 18.0 Å². The van der Waals surface area contributed by atoms with Crippen molar-refractivity contribution in [2.24, 2.45) is 0 Å². The average molecular weight is 344 g/mol. The highest BCUT2D eigenvalue weighted by Crippen LogP contribution is 2.22. The molecule has 0 spiro atoms. The van der Waals surface area contributed by atoms with E-state index in [-0.39, 0.29) is 0 Å². The van der Waals surface area contributed by atoms with Gasteiger partial charge in [0.25, 0.3) is 0 Å². The summed E-state index contributed by atoms with van der Waals surface area (Å²) >= 11 is 0. The first-order valence-electron chi connectivity index (χ1n) is 10.4. The van der Waals surface area contributed by atoms with Gasteiger partial charge in [-0.1, -0.05) is 12.8 Å². The molecule has 1 aromatic rings. The standard InChI is InChI=1S/C20H33N5/c1-3-11-23(12-4-1)17-19-8-2-5-15-25(19)16-18-9-10-21-20(22-18)24-13-6-7-14-24/h9-10,19H,1-8,11-17H2. The average Bonchev–Trinajstić information content (AvgIpc) is 3.19. The Labute approximate surface area is 152 Å². The fourth-order valence-corrected chi connectivity index (χ4v) is 4.67. The Morgan fingerprint density at radius 1 is 0.880 bits per heavy atom. The first-order chi connectivity index (χ1) is 12.4. The molecule has 5 heteroatoms. The highest BCUT2D eigenvalue weighted by molar-refractivity contribution is 5.31. The Kier molecular flexibility index (Phi) is 5.83. The fraction of sp³-hybridized carbons (Fsp3) is 0.800. The zero-order chi connectivity index (χ0) is 16.9. The molecule has 0 radical (unpaired) electrons. The van der Waals surface area contributed by atoms with E-state index in [1.165, 1.54) is 83.2 Å². The third-order valence-corrected chi connectivity index (χ3v) is 6.12. The maximum Gasteiger partial charge on any atom is 0.225 e. The Hall–Kier alpha value is -1.20. The molecule has 5 nitrogen and oxygen atoms in total. The molecular weight excluding hydrogens is 310 g/mol. The van der Waals surface area contributed by atoms with Gasteiger partial charge in [-0.3, -0.25) is 4.90 Å². The van der Waals surface area contributed by atoms with Crippen molar-refractivity contribution in [3.63, 3.8) is 0 Å². The monoisotopic (exact) mass is 343 g/mol. The Balaban J connectivity index is 1.39. The minimum absolute atomic E-state index is 0.706. The van der Waals surface area contributed by atoms with Crippen molar-refractivity contribution < 1.29 is 0 Å². The second kappa shape index (κ2) is 8.45. The molecule has 1 atom stereocenters. The lowest BCUT2D eigenvalue weighted by atomic mass is 10.00. The lowest BCUT2D eigenvalue weighted by molar-refractivity contribution is 0.0886. The number of rotatable bonds is 5. The normalized spacial score (nSPS) is 26.2. The Morgan fingerprint density at radius 2 is 1.64 bits per heavy atom. The summed E-state index contributed by atoms with van der Waals surface area (Å²) in [5.74, 6) is 0.944. The zero-order valence-corrected chi connectivity index (χ0v) is 15.6. The van der Waals surface area contributed by atoms with Crippen LogP contribution in [0.15, 0.2) is 12.3 Å². The number of piperidine rings is 2. The smallest absolute Gasteiger partial charge is 0.225 e. The van der Waals surface area contributed by atoms with Crippen molar-refractivity contribution in [1.29, 1.82) is 0 Å². The van der Waals surface area contributed by atoms with E-state index in [4.69, 9.17) is 4.98 Å². The summed E-state index contributed by atoms with van der Waals surface area (Å²) in [6.07, 6.45) is 12.8. The molecule has 0 saturated carbocycles. The molecule has 0 bridgehead atoms. The minimum atomic E-state index is 0.706. The van der Waals surface area contributed by atoms with Crippen LogP contribution < -0.4 is 4.90 Å². The van der Waals surface area contributed by atoms with E-state index >= 15 is 0 Å². The van der Waals surface area contributed by atoms with Crippen LogP contribution in [0.5, 0.6) is 0 Å². The van der Waals surface area contributed by atoms with Gasteiger partial charge in [0.2, 0.25) is 5.95 Å². The molecular formula is C20H33N5. The maximum absolute atomic E-state index is 4.89. The fourth-order valence-electron chi connectivity index (χ4n) is 4.67. The summed E-state index contributed by atoms with van der Waals surface area (Å²) in [7, 11) is 0. The van der Waals surface area contributed by atoms with Crippen LogP contribution in [0.4, 0.5) is 5.95 Å². The van der Waals surface area contributed by atoms with E-state index in [0.29, 0.717) is 6.04 Å². The number of anilines is 1. The van der Waals surface area contributed by atoms with E-state index in [0.717, 1.165) is 25.6 Å². The van der Waals surface area contributed by atoms with Gasteiger partial charge in [0, 0.05) is 38.4 Å². The highest BCUT2D eigenvalue weighted by Gasteiger charge is 2.26. The summed E-state index contributed by atoms with van der Waals surface area (Å²) in [6, 6.07) is 2.82. The van der Waals surface area contributed by atoms with Gasteiger partial charge in [-0.05, 0) is 64.2 Å². The maximum atomic E-state index is 4.89. The van der Waals surface area contributed by atoms with Crippen molar-refractivity contribution >= 4 is 5.95 Å². The summed E-state index contributed by atoms with van der Waals surface area (Å²) in [4.78, 5) is 17.1. The van der Waals surface area contributed by atoms with Crippen LogP contribution >= 0.6 is 0 Å². The molecule has 4 heterocycles. The lowest BCUT2D eigenvalue weighted by Crippen LogP contribution is -2.47. The van der Waals surface area contributed by atoms with Crippen LogP contribution in [0, 0.1) is 0 Å². The molecule has 0 aromatic carbocycles. The molecule has 138 valence electrons. The van der Waals surface area contributed by atoms with Crippen molar-refractivity contribution in [3.8, 4) is 0 Å². The molecule has 3 saturated heterocycles. The van der Waals surface area contributed by atoms with Crippen LogP contribution in [0.25, 0.3) is 0 Å². The first kappa shape index (κ1) is 17.2. The zero-order valence-electron chi connectivity index (χ0n) is 15.6. The topological polar surface area (TPSA) is 35.5 Å². The van der Waals surface area contributed by atoms with E-state index in [1.54, 1.807) is 0 Å². The summed E-state index contributed by atoms with van der Waals surface area (Å²) in [5.41, 5.74) is 1.20. The number of aromatic nitrogens is 2. The second-order valence-electron chi connectivity index (χ2n) is 8.02. The SMILES string of the molecule is c1cc(CN2CCCCC2CN2CCCCC2)nc(N2CCCC2)n1. The summed E-state index contributed by atoms with van der Waals surface area (Å²) in [5, 5.41) is 0. The molecule has 1 unspecified atom stereocenters. The predicted molar refractivity (Wildman–Crippen MR) is 102 cm³/mol. The van der Waals surface area contributed by atoms with Gasteiger partial charge >= 0.3 is 0 Å². The van der Waals surface area contributed by atoms with E-state index < -0.39 is 0 Å². The van der Waals surface area contributed by atoms with Crippen LogP contribution in [0.1, 0.15) is 57.1 Å². The molecule has 0 N–H and O–H groups in total. The number of likely N-dealkylation sites (tertiary alicyclic amines) is 2. The van der Waals surface area contributed by atoms with Crippen LogP contribution in [0.2, 0.25) is 0 Å². The quantitative estimate of drug-likeness (QED) is 0.821. The van der Waals surface area contributed by atoms with Crippen LogP contribution in [0.3, 0.4) is 0 Å². The van der Waals surface area contributed by atoms with Crippen molar-refractivity contribution in [1.82, 2.24) is 19.8 Å². The van der Waals surface area contributed by atoms with Gasteiger partial charge in [0.15, 0.2) is 0 Å². The van der Waals surface area contributed by atoms with E-state index in [9.17, 15) is 0 Å². The van der Waals surface area contributed by atoms with Crippen LogP contribution in [-0.4, -0.2) is 65.1 Å². The summed E-state index contributed by atoms with van der Waals surface area (Å²) < 4.78 is 0. The Bertz CT molecular complexity index is 537. The third kappa shape index (κ3) is 4.50. The highest BCUT2D eigenvalue weighted by atomic mass is 15.3. The summed E-state index contributed by atoms with van der Waals surface area (Å²) in [6.45, 7) is 8.30. The molecule has 3 aliphatic heterocycles. The molecule has 25 heavy (non-hydrogen) atoms. The molecule has 1 aromatic heterocycles. The molecule has 0 aliphatic carbocycles. The van der Waals surface area contributed by atoms with Gasteiger partial charge in [-0.15, -0.1) is 0 Å². The third-order valence-electron chi connectivity index (χ3n) is 6.12. The molecule has 4 rings (SSSR count). The van der Waals surface area contributed by atoms with E-state index in [1.807, 2.05) is 6.20 Å². The number of hydrogen-bond acceptors (Lipinski definition) is 5. The van der Waals surface area contributed by atoms with Crippen LogP contribution in [-0.2, 0) is 6.54 Å². The molecule has 3 fully saturated rings. The van der Waals surface area contributed by atoms with Gasteiger partial charge in [-0.2, -0.15) is 0 Å². The van der Waals surface area contributed by atoms with Gasteiger partial charge in [0.05, 0.1) is 5.69 Å². The Morgan fingerprint density at radius 3 is 2.48 bits per heavy atom. The van der Waals surface area contributed by atoms with Gasteiger partial charge < -0.3 is 9.80 Å². The largest absolute Gasteiger partial charge is 0.341 e. The minimum Gasteiger partial charge on any atom is -0.341 e. The van der Waals surface area contributed by atoms with Crippen molar-refractivity contribution in [2.75, 3.05) is 44.2 Å². The molecule has 3 aliphatic rings.